The Labute approximate surface area is 289 Å². The number of rotatable bonds is 10. The van der Waals surface area contributed by atoms with Gasteiger partial charge >= 0.3 is 80.9 Å². The van der Waals surface area contributed by atoms with Crippen LogP contribution in [-0.2, 0) is 39.3 Å². The number of ether oxygens (including phenoxy) is 1. The van der Waals surface area contributed by atoms with Crippen LogP contribution in [0.15, 0.2) is 67.6 Å². The third kappa shape index (κ3) is 9.70. The molecule has 2 aromatic rings. The maximum Gasteiger partial charge on any atom is 1.00 e. The van der Waals surface area contributed by atoms with Crippen LogP contribution in [0.2, 0.25) is 0 Å². The molecule has 0 aromatic heterocycles. The van der Waals surface area contributed by atoms with Gasteiger partial charge in [-0.2, -0.15) is 20.3 Å². The largest absolute Gasteiger partial charge is 1.00 e. The molecule has 0 N–H and O–H groups in total. The molecule has 15 nitrogen and oxygen atoms in total. The first-order valence-corrected chi connectivity index (χ1v) is 14.4. The van der Waals surface area contributed by atoms with Gasteiger partial charge in [-0.1, -0.05) is 0 Å². The number of nitrogens with zero attached hydrogens (tertiary/aromatic N) is 4. The van der Waals surface area contributed by atoms with Gasteiger partial charge in [-0.25, -0.2) is 25.3 Å². The number of hydrogen-bond donors (Lipinski definition) is 0. The molecule has 1 amide bonds. The molecular formula is C19H18KN4NaO11S3. The molecule has 20 heteroatoms. The van der Waals surface area contributed by atoms with Gasteiger partial charge in [0.25, 0.3) is 5.91 Å². The Kier molecular flexibility index (Phi) is 13.5. The maximum absolute atomic E-state index is 12.8. The summed E-state index contributed by atoms with van der Waals surface area (Å²) in [6.45, 7) is 0.582. The quantitative estimate of drug-likeness (QED) is 0.104. The summed E-state index contributed by atoms with van der Waals surface area (Å²) in [5.74, 6) is -1.58. The first-order chi connectivity index (χ1) is 17.1. The minimum Gasteiger partial charge on any atom is -0.744 e. The van der Waals surface area contributed by atoms with E-state index in [1.165, 1.54) is 38.3 Å². The molecule has 0 aliphatic carbocycles. The van der Waals surface area contributed by atoms with Gasteiger partial charge < -0.3 is 13.8 Å². The van der Waals surface area contributed by atoms with Gasteiger partial charge in [0.2, 0.25) is 10.4 Å². The van der Waals surface area contributed by atoms with Crippen molar-refractivity contribution in [3.8, 4) is 5.75 Å². The first-order valence-electron chi connectivity index (χ1n) is 9.99. The van der Waals surface area contributed by atoms with E-state index >= 15 is 0 Å². The Morgan fingerprint density at radius 1 is 1.03 bits per heavy atom. The van der Waals surface area contributed by atoms with Gasteiger partial charge in [0.1, 0.15) is 20.8 Å². The molecule has 1 unspecified atom stereocenters. The van der Waals surface area contributed by atoms with Gasteiger partial charge in [0.15, 0.2) is 15.9 Å². The molecule has 0 fully saturated rings. The molecule has 2 aromatic carbocycles. The van der Waals surface area contributed by atoms with Crippen molar-refractivity contribution in [2.45, 2.75) is 22.8 Å². The zero-order valence-electron chi connectivity index (χ0n) is 21.0. The summed E-state index contributed by atoms with van der Waals surface area (Å²) in [4.78, 5) is 12.0. The van der Waals surface area contributed by atoms with E-state index in [0.717, 1.165) is 23.2 Å². The third-order valence-corrected chi connectivity index (χ3v) is 7.81. The van der Waals surface area contributed by atoms with Crippen molar-refractivity contribution in [1.82, 2.24) is 0 Å². The number of anilines is 1. The number of benzene rings is 2. The average Bonchev–Trinajstić information content (AvgIpc) is 3.09. The zero-order valence-corrected chi connectivity index (χ0v) is 28.6. The Morgan fingerprint density at radius 3 is 2.18 bits per heavy atom. The number of methoxy groups -OCH3 is 1. The Bertz CT molecular complexity index is 1600. The number of hydrogen-bond acceptors (Lipinski definition) is 14. The molecule has 1 atom stereocenters. The van der Waals surface area contributed by atoms with Crippen molar-refractivity contribution in [2.24, 2.45) is 15.3 Å². The van der Waals surface area contributed by atoms with Crippen molar-refractivity contribution < 1.29 is 129 Å². The molecule has 0 bridgehead atoms. The normalized spacial score (nSPS) is 16.0. The minimum absolute atomic E-state index is 0. The van der Waals surface area contributed by atoms with Gasteiger partial charge in [-0.3, -0.25) is 8.98 Å². The summed E-state index contributed by atoms with van der Waals surface area (Å²) in [6, 6.07) is 7.02. The average molecular weight is 637 g/mol. The molecule has 0 saturated heterocycles. The van der Waals surface area contributed by atoms with E-state index in [9.17, 15) is 39.2 Å². The summed E-state index contributed by atoms with van der Waals surface area (Å²) in [6.07, 6.45) is 0. The topological polar surface area (TPSA) is 224 Å². The predicted molar refractivity (Wildman–Crippen MR) is 124 cm³/mol. The second-order valence-corrected chi connectivity index (χ2v) is 11.9. The standard InChI is InChI=1S/C19H20N4O11S3.K.Na/c1-12-18(19(24)23(22-12)14-4-6-15(7-5-14)36(27,28)29)21-20-13-3-8-16(33-2)17(11-13)35(25,26)10-9-34-37(30,31)32;;/h3-8,11,18H,9-10H2,1-2H3,(H,27,28,29)(H,30,31,32);;/q;2*+1/p-2. The van der Waals surface area contributed by atoms with Crippen LogP contribution in [0.4, 0.5) is 11.4 Å². The molecule has 0 spiro atoms. The SMILES string of the molecule is COc1ccc(N=NC2C(=O)N(c3ccc(S(=O)(=O)[O-])cc3)N=C2C)cc1S(=O)(=O)CCOS(=O)(=O)[O-].[K+].[Na+]. The summed E-state index contributed by atoms with van der Waals surface area (Å²) in [5.41, 5.74) is 0.405. The van der Waals surface area contributed by atoms with Gasteiger partial charge in [-0.15, -0.1) is 0 Å². The van der Waals surface area contributed by atoms with Crippen LogP contribution in [0.3, 0.4) is 0 Å². The first kappa shape index (κ1) is 36.4. The molecule has 39 heavy (non-hydrogen) atoms. The molecule has 0 radical (unpaired) electrons. The minimum atomic E-state index is -5.08. The number of carbonyl (C=O) groups is 1. The van der Waals surface area contributed by atoms with E-state index in [2.05, 4.69) is 19.5 Å². The number of azo groups is 1. The second-order valence-electron chi connectivity index (χ2n) is 7.34. The molecule has 200 valence electrons. The van der Waals surface area contributed by atoms with Crippen LogP contribution in [0, 0.1) is 0 Å². The molecule has 0 saturated carbocycles. The fourth-order valence-corrected chi connectivity index (χ4v) is 5.22. The van der Waals surface area contributed by atoms with E-state index in [4.69, 9.17) is 4.74 Å². The van der Waals surface area contributed by atoms with Crippen LogP contribution in [-0.4, -0.2) is 71.5 Å². The van der Waals surface area contributed by atoms with E-state index < -0.39 is 59.6 Å². The van der Waals surface area contributed by atoms with Gasteiger partial charge in [0.05, 0.1) is 41.5 Å². The maximum atomic E-state index is 12.8. The van der Waals surface area contributed by atoms with E-state index in [-0.39, 0.29) is 109 Å². The predicted octanol–water partition coefficient (Wildman–Crippen LogP) is -5.27. The van der Waals surface area contributed by atoms with E-state index in [0.29, 0.717) is 0 Å². The Balaban J connectivity index is 0.00000380. The fraction of sp³-hybridized carbons (Fsp3) is 0.263. The molecule has 1 heterocycles. The van der Waals surface area contributed by atoms with Crippen molar-refractivity contribution >= 4 is 53.3 Å². The van der Waals surface area contributed by atoms with Crippen LogP contribution < -0.4 is 90.7 Å². The van der Waals surface area contributed by atoms with Crippen LogP contribution >= 0.6 is 0 Å². The van der Waals surface area contributed by atoms with Crippen LogP contribution in [0.25, 0.3) is 0 Å². The smallest absolute Gasteiger partial charge is 0.744 e. The van der Waals surface area contributed by atoms with Crippen LogP contribution in [0.1, 0.15) is 6.92 Å². The number of hydrazone groups is 1. The fourth-order valence-electron chi connectivity index (χ4n) is 3.08. The van der Waals surface area contributed by atoms with Crippen LogP contribution in [0.5, 0.6) is 5.75 Å². The Hall–Kier alpha value is -0.654. The van der Waals surface area contributed by atoms with Crippen molar-refractivity contribution in [3.63, 3.8) is 0 Å². The van der Waals surface area contributed by atoms with Crippen molar-refractivity contribution in [3.05, 3.63) is 42.5 Å². The number of amides is 1. The molecule has 1 aliphatic rings. The second kappa shape index (κ2) is 14.5. The Morgan fingerprint density at radius 2 is 1.64 bits per heavy atom. The summed E-state index contributed by atoms with van der Waals surface area (Å²) >= 11 is 0. The summed E-state index contributed by atoms with van der Waals surface area (Å²) < 4.78 is 99.2. The van der Waals surface area contributed by atoms with Crippen molar-refractivity contribution in [1.29, 1.82) is 0 Å². The monoisotopic (exact) mass is 636 g/mol. The third-order valence-electron chi connectivity index (χ3n) is 4.82. The van der Waals surface area contributed by atoms with E-state index in [1.54, 1.807) is 0 Å². The van der Waals surface area contributed by atoms with E-state index in [1.807, 2.05) is 0 Å². The molecular weight excluding hydrogens is 619 g/mol. The zero-order chi connectivity index (χ0) is 27.6. The number of sulfone groups is 1. The molecule has 3 rings (SSSR count). The van der Waals surface area contributed by atoms with Crippen molar-refractivity contribution in [2.75, 3.05) is 24.5 Å². The summed E-state index contributed by atoms with van der Waals surface area (Å²) in [5, 5.41) is 12.9. The molecule has 1 aliphatic heterocycles. The summed E-state index contributed by atoms with van der Waals surface area (Å²) in [7, 11) is -12.7. The van der Waals surface area contributed by atoms with Gasteiger partial charge in [-0.05, 0) is 49.4 Å². The number of carbonyl (C=O) groups excluding carboxylic acids is 1. The van der Waals surface area contributed by atoms with Gasteiger partial charge in [0, 0.05) is 0 Å².